The molecular weight excluding hydrogens is 369 g/mol. The van der Waals surface area contributed by atoms with Crippen molar-refractivity contribution in [3.63, 3.8) is 0 Å². The van der Waals surface area contributed by atoms with Crippen molar-refractivity contribution in [1.29, 1.82) is 0 Å². The van der Waals surface area contributed by atoms with Gasteiger partial charge >= 0.3 is 29.6 Å². The first-order chi connectivity index (χ1) is 13.1. The molecule has 2 rings (SSSR count). The van der Waals surface area contributed by atoms with Gasteiger partial charge in [-0.3, -0.25) is 9.59 Å². The number of hydrogen-bond donors (Lipinski definition) is 1. The van der Waals surface area contributed by atoms with Crippen molar-refractivity contribution in [3.05, 3.63) is 36.1 Å². The molecule has 1 N–H and O–H groups in total. The molecule has 146 valence electrons. The standard InChI is InChI=1S/C20H27N3O4.Na/c1-3-5-6-7-8-9-18(25)21-15-10-12-16(13-11-15)23-20(26)17(14-24)19(22-23)27-4-2;/h10-14,24H,3-9H2,1-2H3,(H,21,25);/q;+1/p-1/b17-14-;. The quantitative estimate of drug-likeness (QED) is 0.274. The van der Waals surface area contributed by atoms with E-state index < -0.39 is 5.91 Å². The van der Waals surface area contributed by atoms with E-state index in [0.717, 1.165) is 24.3 Å². The van der Waals surface area contributed by atoms with E-state index in [2.05, 4.69) is 17.3 Å². The number of unbranched alkanes of at least 4 members (excludes halogenated alkanes) is 4. The Morgan fingerprint density at radius 1 is 1.18 bits per heavy atom. The Hall–Kier alpha value is -1.83. The Morgan fingerprint density at radius 2 is 1.86 bits per heavy atom. The number of benzene rings is 1. The zero-order chi connectivity index (χ0) is 19.6. The predicted molar refractivity (Wildman–Crippen MR) is 103 cm³/mol. The average molecular weight is 395 g/mol. The van der Waals surface area contributed by atoms with Gasteiger partial charge in [-0.1, -0.05) is 32.6 Å². The molecule has 0 radical (unpaired) electrons. The van der Waals surface area contributed by atoms with Gasteiger partial charge in [0.2, 0.25) is 11.8 Å². The van der Waals surface area contributed by atoms with E-state index in [9.17, 15) is 14.7 Å². The Labute approximate surface area is 188 Å². The Bertz CT molecular complexity index is 717. The predicted octanol–water partition coefficient (Wildman–Crippen LogP) is -0.0696. The molecule has 8 heteroatoms. The van der Waals surface area contributed by atoms with Crippen LogP contribution in [0.15, 0.2) is 41.2 Å². The molecule has 7 nitrogen and oxygen atoms in total. The molecule has 0 saturated heterocycles. The van der Waals surface area contributed by atoms with Crippen molar-refractivity contribution < 1.29 is 49.0 Å². The van der Waals surface area contributed by atoms with Gasteiger partial charge in [0.05, 0.1) is 17.9 Å². The van der Waals surface area contributed by atoms with Crippen molar-refractivity contribution in [1.82, 2.24) is 0 Å². The fourth-order valence-electron chi connectivity index (χ4n) is 2.71. The smallest absolute Gasteiger partial charge is 0.877 e. The minimum Gasteiger partial charge on any atom is -0.877 e. The molecule has 28 heavy (non-hydrogen) atoms. The number of nitrogens with zero attached hydrogens (tertiary/aromatic N) is 2. The molecule has 0 saturated carbocycles. The second-order valence-corrected chi connectivity index (χ2v) is 6.25. The third-order valence-electron chi connectivity index (χ3n) is 4.15. The van der Waals surface area contributed by atoms with Crippen molar-refractivity contribution in [2.75, 3.05) is 16.9 Å². The number of ether oxygens (including phenoxy) is 1. The summed E-state index contributed by atoms with van der Waals surface area (Å²) in [6.45, 7) is 4.22. The van der Waals surface area contributed by atoms with E-state index in [4.69, 9.17) is 4.74 Å². The summed E-state index contributed by atoms with van der Waals surface area (Å²) in [5, 5.41) is 19.1. The minimum absolute atomic E-state index is 0. The van der Waals surface area contributed by atoms with Gasteiger partial charge in [-0.25, -0.2) is 0 Å². The third-order valence-corrected chi connectivity index (χ3v) is 4.15. The maximum absolute atomic E-state index is 12.3. The average Bonchev–Trinajstić information content (AvgIpc) is 2.98. The maximum atomic E-state index is 12.3. The van der Waals surface area contributed by atoms with Crippen LogP contribution in [-0.4, -0.2) is 24.3 Å². The van der Waals surface area contributed by atoms with Crippen molar-refractivity contribution in [2.45, 2.75) is 52.4 Å². The van der Waals surface area contributed by atoms with E-state index in [1.165, 1.54) is 12.8 Å². The van der Waals surface area contributed by atoms with E-state index in [0.29, 0.717) is 30.7 Å². The molecule has 0 spiro atoms. The molecule has 1 aliphatic rings. The molecular formula is C20H26N3NaO4. The van der Waals surface area contributed by atoms with Crippen LogP contribution < -0.4 is 45.0 Å². The van der Waals surface area contributed by atoms with Gasteiger partial charge in [-0.2, -0.15) is 5.01 Å². The van der Waals surface area contributed by atoms with Crippen LogP contribution in [0.25, 0.3) is 0 Å². The number of carbonyl (C=O) groups is 2. The molecule has 0 unspecified atom stereocenters. The molecule has 0 aliphatic carbocycles. The van der Waals surface area contributed by atoms with E-state index in [-0.39, 0.29) is 46.9 Å². The summed E-state index contributed by atoms with van der Waals surface area (Å²) in [4.78, 5) is 24.3. The zero-order valence-corrected chi connectivity index (χ0v) is 18.9. The summed E-state index contributed by atoms with van der Waals surface area (Å²) in [6, 6.07) is 6.73. The number of hydrazone groups is 1. The first kappa shape index (κ1) is 24.2. The molecule has 1 aromatic rings. The summed E-state index contributed by atoms with van der Waals surface area (Å²) < 4.78 is 5.23. The number of amides is 2. The first-order valence-corrected chi connectivity index (χ1v) is 9.39. The number of nitrogens with one attached hydrogen (secondary N) is 1. The van der Waals surface area contributed by atoms with Crippen LogP contribution in [0, 0.1) is 0 Å². The molecule has 0 fully saturated rings. The Kier molecular flexibility index (Phi) is 10.9. The van der Waals surface area contributed by atoms with Crippen LogP contribution >= 0.6 is 0 Å². The largest absolute Gasteiger partial charge is 1.00 e. The summed E-state index contributed by atoms with van der Waals surface area (Å²) in [7, 11) is 0. The minimum atomic E-state index is -0.530. The summed E-state index contributed by atoms with van der Waals surface area (Å²) in [5.74, 6) is -0.528. The SMILES string of the molecule is CCCCCCCC(=O)Nc1ccc(N2N=C(OCC)/C(=C/[O-])C2=O)cc1.[Na+]. The maximum Gasteiger partial charge on any atom is 1.00 e. The van der Waals surface area contributed by atoms with Crippen molar-refractivity contribution in [3.8, 4) is 0 Å². The summed E-state index contributed by atoms with van der Waals surface area (Å²) in [6.07, 6.45) is 6.43. The Balaban J connectivity index is 0.00000392. The van der Waals surface area contributed by atoms with Gasteiger partial charge in [-0.15, -0.1) is 11.4 Å². The third kappa shape index (κ3) is 6.65. The van der Waals surface area contributed by atoms with E-state index in [1.807, 2.05) is 0 Å². The first-order valence-electron chi connectivity index (χ1n) is 9.39. The van der Waals surface area contributed by atoms with Crippen LogP contribution in [0.4, 0.5) is 11.4 Å². The molecule has 1 aromatic carbocycles. The normalized spacial score (nSPS) is 14.6. The van der Waals surface area contributed by atoms with Gasteiger partial charge in [0.1, 0.15) is 0 Å². The van der Waals surface area contributed by atoms with Crippen LogP contribution in [0.3, 0.4) is 0 Å². The van der Waals surface area contributed by atoms with Crippen molar-refractivity contribution >= 4 is 29.1 Å². The van der Waals surface area contributed by atoms with Gasteiger partial charge in [-0.05, 0) is 37.6 Å². The van der Waals surface area contributed by atoms with Crippen LogP contribution in [0.2, 0.25) is 0 Å². The fourth-order valence-corrected chi connectivity index (χ4v) is 2.71. The van der Waals surface area contributed by atoms with Crippen LogP contribution in [0.5, 0.6) is 0 Å². The van der Waals surface area contributed by atoms with Gasteiger partial charge in [0.15, 0.2) is 0 Å². The zero-order valence-electron chi connectivity index (χ0n) is 16.9. The second-order valence-electron chi connectivity index (χ2n) is 6.25. The molecule has 1 aliphatic heterocycles. The Morgan fingerprint density at radius 3 is 2.46 bits per heavy atom. The van der Waals surface area contributed by atoms with Gasteiger partial charge in [0.25, 0.3) is 5.91 Å². The number of anilines is 2. The molecule has 0 atom stereocenters. The summed E-state index contributed by atoms with van der Waals surface area (Å²) >= 11 is 0. The van der Waals surface area contributed by atoms with E-state index >= 15 is 0 Å². The molecule has 1 heterocycles. The summed E-state index contributed by atoms with van der Waals surface area (Å²) in [5.41, 5.74) is 1.04. The molecule has 0 bridgehead atoms. The van der Waals surface area contributed by atoms with E-state index in [1.54, 1.807) is 31.2 Å². The number of rotatable bonds is 9. The molecule has 0 aromatic heterocycles. The van der Waals surface area contributed by atoms with Crippen LogP contribution in [-0.2, 0) is 14.3 Å². The number of carbonyl (C=O) groups excluding carboxylic acids is 2. The second kappa shape index (κ2) is 12.6. The molecule has 2 amide bonds. The van der Waals surface area contributed by atoms with Crippen molar-refractivity contribution in [2.24, 2.45) is 5.10 Å². The van der Waals surface area contributed by atoms with Gasteiger partial charge in [0, 0.05) is 12.1 Å². The fraction of sp³-hybridized carbons (Fsp3) is 0.450. The monoisotopic (exact) mass is 395 g/mol. The van der Waals surface area contributed by atoms with Crippen LogP contribution in [0.1, 0.15) is 52.4 Å². The number of hydrogen-bond acceptors (Lipinski definition) is 5. The van der Waals surface area contributed by atoms with Gasteiger partial charge < -0.3 is 15.2 Å². The topological polar surface area (TPSA) is 94.1 Å².